The molecule has 6 heteroatoms. The van der Waals surface area contributed by atoms with Crippen LogP contribution in [0.4, 0.5) is 0 Å². The summed E-state index contributed by atoms with van der Waals surface area (Å²) < 4.78 is 13.3. The maximum absolute atomic E-state index is 9.52. The van der Waals surface area contributed by atoms with Crippen molar-refractivity contribution >= 4 is 24.7 Å². The topological polar surface area (TPSA) is 66.8 Å². The molecule has 0 spiro atoms. The molecule has 4 nitrogen and oxygen atoms in total. The molecule has 0 saturated heterocycles. The first kappa shape index (κ1) is 6.65. The van der Waals surface area contributed by atoms with Crippen LogP contribution < -0.4 is 0 Å². The summed E-state index contributed by atoms with van der Waals surface area (Å²) in [5, 5.41) is 0. The fourth-order valence-electron chi connectivity index (χ4n) is 0. The van der Waals surface area contributed by atoms with Gasteiger partial charge in [-0.2, -0.15) is 0 Å². The summed E-state index contributed by atoms with van der Waals surface area (Å²) in [6, 6.07) is 0. The standard InChI is InChI=1S/GeH5O4P/c1-5-6(2,3)4/h1H3,(H2,2,3,4). The minimum absolute atomic E-state index is 0.216. The quantitative estimate of drug-likeness (QED) is 0.369. The van der Waals surface area contributed by atoms with E-state index < -0.39 is 7.82 Å². The average Bonchev–Trinajstić information content (AvgIpc) is 1.35. The fourth-order valence-corrected chi connectivity index (χ4v) is 0. The Morgan fingerprint density at radius 3 is 1.83 bits per heavy atom. The van der Waals surface area contributed by atoms with E-state index >= 15 is 0 Å². The van der Waals surface area contributed by atoms with Gasteiger partial charge < -0.3 is 0 Å². The minimum atomic E-state index is -4.06. The first-order chi connectivity index (χ1) is 2.56. The van der Waals surface area contributed by atoms with E-state index in [9.17, 15) is 4.57 Å². The van der Waals surface area contributed by atoms with Gasteiger partial charge in [0, 0.05) is 0 Å². The van der Waals surface area contributed by atoms with Gasteiger partial charge >= 0.3 is 42.6 Å². The Hall–Kier alpha value is 0.653. The van der Waals surface area contributed by atoms with Crippen LogP contribution in [0, 0.1) is 0 Å². The van der Waals surface area contributed by atoms with Gasteiger partial charge in [-0.3, -0.25) is 0 Å². The third kappa shape index (κ3) is 4.65. The zero-order valence-electron chi connectivity index (χ0n) is 3.16. The van der Waals surface area contributed by atoms with E-state index in [2.05, 4.69) is 3.55 Å². The Kier molecular flexibility index (Phi) is 2.32. The Balaban J connectivity index is 3.48. The molecule has 2 N–H and O–H groups in total. The van der Waals surface area contributed by atoms with Crippen molar-refractivity contribution in [1.29, 1.82) is 0 Å². The van der Waals surface area contributed by atoms with Crippen molar-refractivity contribution < 1.29 is 17.9 Å². The summed E-state index contributed by atoms with van der Waals surface area (Å²) in [5.41, 5.74) is 0. The monoisotopic (exact) mass is 174 g/mol. The van der Waals surface area contributed by atoms with Crippen LogP contribution in [0.5, 0.6) is 0 Å². The molecule has 0 radical (unpaired) electrons. The van der Waals surface area contributed by atoms with Crippen molar-refractivity contribution in [3.63, 3.8) is 0 Å². The maximum atomic E-state index is 9.52. The van der Waals surface area contributed by atoms with Gasteiger partial charge in [0.25, 0.3) is 0 Å². The van der Waals surface area contributed by atoms with Gasteiger partial charge in [-0.05, 0) is 0 Å². The molecule has 0 fully saturated rings. The molecule has 0 saturated carbocycles. The molecular weight excluding hydrogens is 168 g/mol. The van der Waals surface area contributed by atoms with E-state index in [4.69, 9.17) is 9.79 Å². The van der Waals surface area contributed by atoms with E-state index in [1.807, 2.05) is 0 Å². The molecule has 0 aromatic rings. The molecule has 0 bridgehead atoms. The summed E-state index contributed by atoms with van der Waals surface area (Å²) >= 11 is -0.216. The van der Waals surface area contributed by atoms with Gasteiger partial charge in [0.15, 0.2) is 0 Å². The Morgan fingerprint density at radius 2 is 1.83 bits per heavy atom. The van der Waals surface area contributed by atoms with E-state index in [-0.39, 0.29) is 16.9 Å². The van der Waals surface area contributed by atoms with Crippen LogP contribution in [-0.2, 0) is 8.12 Å². The van der Waals surface area contributed by atoms with Crippen molar-refractivity contribution in [2.75, 3.05) is 0 Å². The van der Waals surface area contributed by atoms with Crippen molar-refractivity contribution in [3.8, 4) is 0 Å². The van der Waals surface area contributed by atoms with Crippen LogP contribution in [0.2, 0.25) is 0 Å². The molecule has 0 aromatic carbocycles. The number of hydrogen-bond acceptors (Lipinski definition) is 2. The number of hydrogen-bond donors (Lipinski definition) is 2. The van der Waals surface area contributed by atoms with Crippen molar-refractivity contribution in [2.24, 2.45) is 0 Å². The number of phosphoric acid groups is 1. The molecular formula is H5GeO4P. The Morgan fingerprint density at radius 1 is 1.67 bits per heavy atom. The fraction of sp³-hybridized carbons (Fsp3) is 0. The van der Waals surface area contributed by atoms with Crippen LogP contribution in [-0.4, -0.2) is 26.6 Å². The van der Waals surface area contributed by atoms with Gasteiger partial charge in [-0.15, -0.1) is 0 Å². The zero-order chi connectivity index (χ0) is 5.21. The summed E-state index contributed by atoms with van der Waals surface area (Å²) in [5.74, 6) is 0. The van der Waals surface area contributed by atoms with Crippen LogP contribution in [0.3, 0.4) is 0 Å². The Bertz CT molecular complexity index is 71.6. The average molecular weight is 173 g/mol. The third-order valence-corrected chi connectivity index (χ3v) is 3.71. The van der Waals surface area contributed by atoms with Gasteiger partial charge in [-0.1, -0.05) is 0 Å². The molecule has 38 valence electrons. The first-order valence-electron chi connectivity index (χ1n) is 1.17. The first-order valence-corrected chi connectivity index (χ1v) is 4.42. The van der Waals surface area contributed by atoms with E-state index in [1.165, 1.54) is 0 Å². The second-order valence-electron chi connectivity index (χ2n) is 0.673. The zero-order valence-corrected chi connectivity index (χ0v) is 8.25. The SMILES string of the molecule is O=P(O)(O)[O][GeH3]. The van der Waals surface area contributed by atoms with E-state index in [0.29, 0.717) is 0 Å². The summed E-state index contributed by atoms with van der Waals surface area (Å²) in [6.45, 7) is 0. The summed E-state index contributed by atoms with van der Waals surface area (Å²) in [4.78, 5) is 15.5. The molecule has 0 rings (SSSR count). The molecule has 0 heterocycles. The van der Waals surface area contributed by atoms with E-state index in [1.54, 1.807) is 0 Å². The van der Waals surface area contributed by atoms with Crippen LogP contribution >= 0.6 is 7.82 Å². The molecule has 0 aromatic heterocycles. The Labute approximate surface area is 43.3 Å². The third-order valence-electron chi connectivity index (χ3n) is 0.238. The second-order valence-corrected chi connectivity index (χ2v) is 4.32. The second kappa shape index (κ2) is 2.09. The van der Waals surface area contributed by atoms with Gasteiger partial charge in [0.05, 0.1) is 0 Å². The molecule has 0 atom stereocenters. The van der Waals surface area contributed by atoms with Crippen LogP contribution in [0.25, 0.3) is 0 Å². The molecule has 6 heavy (non-hydrogen) atoms. The van der Waals surface area contributed by atoms with Crippen molar-refractivity contribution in [1.82, 2.24) is 0 Å². The predicted octanol–water partition coefficient (Wildman–Crippen LogP) is -1.62. The van der Waals surface area contributed by atoms with E-state index in [0.717, 1.165) is 0 Å². The van der Waals surface area contributed by atoms with Gasteiger partial charge in [-0.25, -0.2) is 0 Å². The summed E-state index contributed by atoms with van der Waals surface area (Å²) in [6.07, 6.45) is 0. The molecule has 0 unspecified atom stereocenters. The van der Waals surface area contributed by atoms with Crippen LogP contribution in [0.15, 0.2) is 0 Å². The molecule has 0 aliphatic heterocycles. The van der Waals surface area contributed by atoms with Gasteiger partial charge in [0.1, 0.15) is 0 Å². The normalized spacial score (nSPS) is 12.3. The van der Waals surface area contributed by atoms with Crippen molar-refractivity contribution in [3.05, 3.63) is 0 Å². The van der Waals surface area contributed by atoms with Crippen LogP contribution in [0.1, 0.15) is 0 Å². The van der Waals surface area contributed by atoms with Crippen molar-refractivity contribution in [2.45, 2.75) is 0 Å². The molecule has 0 amide bonds. The molecule has 0 aliphatic carbocycles. The summed E-state index contributed by atoms with van der Waals surface area (Å²) in [7, 11) is -4.06. The molecule has 0 aliphatic rings. The van der Waals surface area contributed by atoms with Gasteiger partial charge in [0.2, 0.25) is 0 Å². The predicted molar refractivity (Wildman–Crippen MR) is 23.1 cm³/mol. The number of rotatable bonds is 1.